The summed E-state index contributed by atoms with van der Waals surface area (Å²) < 4.78 is 5.29. The molecular formula is C16H12N4O6S. The molecule has 0 radical (unpaired) electrons. The van der Waals surface area contributed by atoms with Gasteiger partial charge in [-0.2, -0.15) is 0 Å². The van der Waals surface area contributed by atoms with Gasteiger partial charge in [0.05, 0.1) is 40.0 Å². The summed E-state index contributed by atoms with van der Waals surface area (Å²) >= 11 is 1.33. The lowest BCUT2D eigenvalue weighted by Crippen LogP contribution is -2.22. The minimum Gasteiger partial charge on any atom is -0.462 e. The highest BCUT2D eigenvalue weighted by Gasteiger charge is 2.20. The number of furan rings is 1. The van der Waals surface area contributed by atoms with Crippen LogP contribution in [0.25, 0.3) is 10.8 Å². The number of nitro groups is 2. The molecular weight excluding hydrogens is 376 g/mol. The van der Waals surface area contributed by atoms with E-state index in [4.69, 9.17) is 4.42 Å². The van der Waals surface area contributed by atoms with Crippen molar-refractivity contribution >= 4 is 28.6 Å². The van der Waals surface area contributed by atoms with E-state index in [0.717, 1.165) is 23.1 Å². The van der Waals surface area contributed by atoms with Gasteiger partial charge in [-0.15, -0.1) is 11.3 Å². The molecule has 10 nitrogen and oxygen atoms in total. The summed E-state index contributed by atoms with van der Waals surface area (Å²) in [5, 5.41) is 25.1. The lowest BCUT2D eigenvalue weighted by molar-refractivity contribution is -0.394. The minimum atomic E-state index is -0.785. The SMILES string of the molecule is Cc1nc(-c2ccco2)sc1CNC(=O)c1cc([N+](=O)[O-])cc([N+](=O)[O-])c1. The molecule has 3 aromatic rings. The van der Waals surface area contributed by atoms with Gasteiger partial charge >= 0.3 is 0 Å². The van der Waals surface area contributed by atoms with Crippen molar-refractivity contribution in [3.05, 3.63) is 73.0 Å². The zero-order chi connectivity index (χ0) is 19.6. The average Bonchev–Trinajstić information content (AvgIpc) is 3.28. The number of carbonyl (C=O) groups is 1. The number of hydrogen-bond acceptors (Lipinski definition) is 8. The number of nitrogens with one attached hydrogen (secondary N) is 1. The molecule has 0 bridgehead atoms. The predicted octanol–water partition coefficient (Wildman–Crippen LogP) is 3.46. The van der Waals surface area contributed by atoms with E-state index in [1.807, 2.05) is 0 Å². The molecule has 0 saturated carbocycles. The van der Waals surface area contributed by atoms with E-state index >= 15 is 0 Å². The fraction of sp³-hybridized carbons (Fsp3) is 0.125. The van der Waals surface area contributed by atoms with Crippen molar-refractivity contribution in [1.82, 2.24) is 10.3 Å². The Morgan fingerprint density at radius 2 is 1.89 bits per heavy atom. The number of rotatable bonds is 6. The maximum absolute atomic E-state index is 12.3. The van der Waals surface area contributed by atoms with E-state index in [2.05, 4.69) is 10.3 Å². The van der Waals surface area contributed by atoms with E-state index in [-0.39, 0.29) is 12.1 Å². The predicted molar refractivity (Wildman–Crippen MR) is 95.5 cm³/mol. The fourth-order valence-corrected chi connectivity index (χ4v) is 3.27. The molecule has 138 valence electrons. The Balaban J connectivity index is 1.78. The third-order valence-electron chi connectivity index (χ3n) is 3.62. The number of non-ortho nitro benzene ring substituents is 2. The third kappa shape index (κ3) is 3.98. The van der Waals surface area contributed by atoms with Gasteiger partial charge in [-0.1, -0.05) is 0 Å². The summed E-state index contributed by atoms with van der Waals surface area (Å²) in [6.07, 6.45) is 1.53. The molecule has 1 aromatic carbocycles. The van der Waals surface area contributed by atoms with Gasteiger partial charge in [-0.3, -0.25) is 25.0 Å². The van der Waals surface area contributed by atoms with Crippen LogP contribution in [0.1, 0.15) is 20.9 Å². The van der Waals surface area contributed by atoms with E-state index in [0.29, 0.717) is 16.5 Å². The first-order valence-electron chi connectivity index (χ1n) is 7.57. The first-order chi connectivity index (χ1) is 12.8. The summed E-state index contributed by atoms with van der Waals surface area (Å²) in [6.45, 7) is 1.90. The van der Waals surface area contributed by atoms with E-state index in [9.17, 15) is 25.0 Å². The lowest BCUT2D eigenvalue weighted by Gasteiger charge is -2.04. The van der Waals surface area contributed by atoms with Crippen LogP contribution in [0, 0.1) is 27.2 Å². The monoisotopic (exact) mass is 388 g/mol. The van der Waals surface area contributed by atoms with Gasteiger partial charge < -0.3 is 9.73 Å². The third-order valence-corrected chi connectivity index (χ3v) is 4.79. The molecule has 0 aliphatic heterocycles. The van der Waals surface area contributed by atoms with Crippen molar-refractivity contribution in [2.45, 2.75) is 13.5 Å². The van der Waals surface area contributed by atoms with Crippen molar-refractivity contribution in [1.29, 1.82) is 0 Å². The van der Waals surface area contributed by atoms with Crippen molar-refractivity contribution in [3.63, 3.8) is 0 Å². The molecule has 1 amide bonds. The number of aromatic nitrogens is 1. The maximum atomic E-state index is 12.3. The van der Waals surface area contributed by atoms with E-state index in [1.165, 1.54) is 17.6 Å². The van der Waals surface area contributed by atoms with Crippen LogP contribution < -0.4 is 5.32 Å². The van der Waals surface area contributed by atoms with Crippen LogP contribution in [0.4, 0.5) is 11.4 Å². The summed E-state index contributed by atoms with van der Waals surface area (Å²) in [7, 11) is 0. The van der Waals surface area contributed by atoms with Crippen LogP contribution in [0.3, 0.4) is 0 Å². The zero-order valence-electron chi connectivity index (χ0n) is 13.9. The second kappa shape index (κ2) is 7.33. The molecule has 2 aromatic heterocycles. The van der Waals surface area contributed by atoms with Crippen LogP contribution in [0.15, 0.2) is 41.0 Å². The highest BCUT2D eigenvalue weighted by Crippen LogP contribution is 2.28. The van der Waals surface area contributed by atoms with Gasteiger partial charge in [0.15, 0.2) is 10.8 Å². The maximum Gasteiger partial charge on any atom is 0.277 e. The normalized spacial score (nSPS) is 10.6. The second-order valence-electron chi connectivity index (χ2n) is 5.44. The number of nitro benzene ring substituents is 2. The quantitative estimate of drug-likeness (QED) is 0.503. The summed E-state index contributed by atoms with van der Waals surface area (Å²) in [6, 6.07) is 6.30. The largest absolute Gasteiger partial charge is 0.462 e. The number of aryl methyl sites for hydroxylation is 1. The zero-order valence-corrected chi connectivity index (χ0v) is 14.7. The van der Waals surface area contributed by atoms with Gasteiger partial charge in [0.2, 0.25) is 0 Å². The molecule has 0 unspecified atom stereocenters. The highest BCUT2D eigenvalue weighted by atomic mass is 32.1. The first kappa shape index (κ1) is 18.2. The van der Waals surface area contributed by atoms with Gasteiger partial charge in [0, 0.05) is 17.0 Å². The molecule has 27 heavy (non-hydrogen) atoms. The van der Waals surface area contributed by atoms with Crippen molar-refractivity contribution < 1.29 is 19.1 Å². The van der Waals surface area contributed by atoms with Crippen molar-refractivity contribution in [3.8, 4) is 10.8 Å². The Bertz CT molecular complexity index is 995. The number of carbonyl (C=O) groups excluding carboxylic acids is 1. The number of hydrogen-bond donors (Lipinski definition) is 1. The Morgan fingerprint density at radius 1 is 1.22 bits per heavy atom. The summed E-state index contributed by atoms with van der Waals surface area (Å²) in [5.74, 6) is -0.0517. The molecule has 0 atom stereocenters. The Hall–Kier alpha value is -3.60. The van der Waals surface area contributed by atoms with Crippen molar-refractivity contribution in [2.24, 2.45) is 0 Å². The average molecular weight is 388 g/mol. The smallest absolute Gasteiger partial charge is 0.277 e. The summed E-state index contributed by atoms with van der Waals surface area (Å²) in [5.41, 5.74) is -0.507. The molecule has 0 fully saturated rings. The van der Waals surface area contributed by atoms with Gasteiger partial charge in [-0.05, 0) is 19.1 Å². The van der Waals surface area contributed by atoms with Crippen LogP contribution in [0.2, 0.25) is 0 Å². The molecule has 11 heteroatoms. The van der Waals surface area contributed by atoms with E-state index in [1.54, 1.807) is 19.1 Å². The van der Waals surface area contributed by atoms with Crippen LogP contribution in [-0.4, -0.2) is 20.7 Å². The van der Waals surface area contributed by atoms with E-state index < -0.39 is 27.1 Å². The minimum absolute atomic E-state index is 0.125. The first-order valence-corrected chi connectivity index (χ1v) is 8.39. The molecule has 0 saturated heterocycles. The van der Waals surface area contributed by atoms with Gasteiger partial charge in [0.1, 0.15) is 0 Å². The Morgan fingerprint density at radius 3 is 2.44 bits per heavy atom. The van der Waals surface area contributed by atoms with Gasteiger partial charge in [-0.25, -0.2) is 4.98 Å². The molecule has 1 N–H and O–H groups in total. The van der Waals surface area contributed by atoms with Crippen LogP contribution >= 0.6 is 11.3 Å². The number of amides is 1. The van der Waals surface area contributed by atoms with Crippen molar-refractivity contribution in [2.75, 3.05) is 0 Å². The summed E-state index contributed by atoms with van der Waals surface area (Å²) in [4.78, 5) is 37.8. The fourth-order valence-electron chi connectivity index (χ4n) is 2.30. The number of benzene rings is 1. The Kier molecular flexibility index (Phi) is 4.94. The molecule has 0 aliphatic rings. The molecule has 3 rings (SSSR count). The lowest BCUT2D eigenvalue weighted by atomic mass is 10.1. The van der Waals surface area contributed by atoms with Crippen LogP contribution in [0.5, 0.6) is 0 Å². The number of nitrogens with zero attached hydrogens (tertiary/aromatic N) is 3. The second-order valence-corrected chi connectivity index (χ2v) is 6.52. The number of thiazole rings is 1. The molecule has 2 heterocycles. The van der Waals surface area contributed by atoms with Gasteiger partial charge in [0.25, 0.3) is 17.3 Å². The molecule has 0 aliphatic carbocycles. The standard InChI is InChI=1S/C16H12N4O6S/c1-9-14(27-16(18-9)13-3-2-4-26-13)8-17-15(21)10-5-11(19(22)23)7-12(6-10)20(24)25/h2-7H,8H2,1H3,(H,17,21). The Labute approximate surface area is 155 Å². The van der Waals surface area contributed by atoms with Crippen LogP contribution in [-0.2, 0) is 6.54 Å². The topological polar surface area (TPSA) is 141 Å². The highest BCUT2D eigenvalue weighted by molar-refractivity contribution is 7.15. The molecule has 0 spiro atoms.